The summed E-state index contributed by atoms with van der Waals surface area (Å²) < 4.78 is 20.0. The third-order valence-electron chi connectivity index (χ3n) is 5.93. The van der Waals surface area contributed by atoms with Gasteiger partial charge in [0.05, 0.1) is 12.8 Å². The fourth-order valence-corrected chi connectivity index (χ4v) is 4.52. The predicted molar refractivity (Wildman–Crippen MR) is 114 cm³/mol. The van der Waals surface area contributed by atoms with Crippen LogP contribution in [-0.2, 0) is 19.6 Å². The summed E-state index contributed by atoms with van der Waals surface area (Å²) in [5.74, 6) is 0.814. The summed E-state index contributed by atoms with van der Waals surface area (Å²) in [6.45, 7) is 9.66. The van der Waals surface area contributed by atoms with E-state index in [9.17, 15) is 4.39 Å². The van der Waals surface area contributed by atoms with Gasteiger partial charge in [0.2, 0.25) is 0 Å². The van der Waals surface area contributed by atoms with Crippen molar-refractivity contribution in [1.82, 2.24) is 14.7 Å². The maximum absolute atomic E-state index is 14.0. The van der Waals surface area contributed by atoms with Crippen LogP contribution < -0.4 is 4.74 Å². The fraction of sp³-hybridized carbons (Fsp3) is 0.500. The molecule has 29 heavy (non-hydrogen) atoms. The van der Waals surface area contributed by atoms with E-state index in [0.717, 1.165) is 50.7 Å². The Morgan fingerprint density at radius 3 is 2.69 bits per heavy atom. The minimum atomic E-state index is -0.142. The first-order valence-corrected chi connectivity index (χ1v) is 10.6. The Balaban J connectivity index is 1.60. The van der Waals surface area contributed by atoms with Crippen LogP contribution in [0.5, 0.6) is 5.75 Å². The molecule has 0 saturated carbocycles. The van der Waals surface area contributed by atoms with Crippen molar-refractivity contribution in [3.8, 4) is 5.75 Å². The lowest BCUT2D eigenvalue weighted by Crippen LogP contribution is -2.42. The molecule has 0 spiro atoms. The van der Waals surface area contributed by atoms with Crippen molar-refractivity contribution in [2.24, 2.45) is 0 Å². The second-order valence-corrected chi connectivity index (χ2v) is 8.77. The lowest BCUT2D eigenvalue weighted by atomic mass is 10.1. The lowest BCUT2D eigenvalue weighted by molar-refractivity contribution is 0.0870. The number of rotatable bonds is 5. The topological polar surface area (TPSA) is 19.0 Å². The molecule has 5 heteroatoms. The zero-order valence-electron chi connectivity index (χ0n) is 17.8. The van der Waals surface area contributed by atoms with Gasteiger partial charge in [-0.05, 0) is 63.2 Å². The Morgan fingerprint density at radius 2 is 1.93 bits per heavy atom. The Labute approximate surface area is 173 Å². The van der Waals surface area contributed by atoms with E-state index in [1.54, 1.807) is 12.1 Å². The van der Waals surface area contributed by atoms with Gasteiger partial charge in [-0.1, -0.05) is 24.3 Å². The van der Waals surface area contributed by atoms with E-state index < -0.39 is 0 Å². The van der Waals surface area contributed by atoms with Crippen molar-refractivity contribution in [1.29, 1.82) is 0 Å². The molecule has 0 radical (unpaired) electrons. The molecule has 0 aliphatic carbocycles. The fourth-order valence-electron chi connectivity index (χ4n) is 4.52. The summed E-state index contributed by atoms with van der Waals surface area (Å²) in [6, 6.07) is 14.1. The van der Waals surface area contributed by atoms with Gasteiger partial charge in [0, 0.05) is 37.8 Å². The first-order chi connectivity index (χ1) is 14.0. The van der Waals surface area contributed by atoms with Crippen LogP contribution in [0.2, 0.25) is 0 Å². The Morgan fingerprint density at radius 1 is 1.10 bits per heavy atom. The first-order valence-electron chi connectivity index (χ1n) is 10.6. The molecule has 0 N–H and O–H groups in total. The highest BCUT2D eigenvalue weighted by atomic mass is 19.1. The van der Waals surface area contributed by atoms with Crippen LogP contribution in [0, 0.1) is 5.82 Å². The van der Waals surface area contributed by atoms with Gasteiger partial charge in [-0.3, -0.25) is 9.80 Å². The van der Waals surface area contributed by atoms with E-state index in [-0.39, 0.29) is 11.9 Å². The maximum Gasteiger partial charge on any atom is 0.124 e. The molecule has 4 rings (SSSR count). The standard InChI is InChI=1S/C24H32FN3O/c1-18(2)29-24-7-5-4-6-20(24)14-27-13-19-8-9-22(25)12-21(19)15-28(17-27)23-10-11-26(3)16-23/h4-9,12,18,23H,10-11,13-17H2,1-3H3. The highest BCUT2D eigenvalue weighted by molar-refractivity contribution is 5.34. The molecular weight excluding hydrogens is 365 g/mol. The maximum atomic E-state index is 14.0. The van der Waals surface area contributed by atoms with Gasteiger partial charge >= 0.3 is 0 Å². The zero-order valence-corrected chi connectivity index (χ0v) is 17.8. The van der Waals surface area contributed by atoms with Gasteiger partial charge in [0.1, 0.15) is 11.6 Å². The molecule has 2 aromatic rings. The Kier molecular flexibility index (Phi) is 6.18. The van der Waals surface area contributed by atoms with Crippen molar-refractivity contribution < 1.29 is 9.13 Å². The first kappa shape index (κ1) is 20.3. The molecule has 2 heterocycles. The number of hydrogen-bond acceptors (Lipinski definition) is 4. The van der Waals surface area contributed by atoms with Crippen molar-refractivity contribution in [3.63, 3.8) is 0 Å². The monoisotopic (exact) mass is 397 g/mol. The van der Waals surface area contributed by atoms with Crippen molar-refractivity contribution in [2.45, 2.75) is 52.0 Å². The van der Waals surface area contributed by atoms with Crippen LogP contribution in [-0.4, -0.2) is 53.7 Å². The molecule has 2 aliphatic rings. The molecular formula is C24H32FN3O. The minimum Gasteiger partial charge on any atom is -0.491 e. The molecule has 2 aromatic carbocycles. The summed E-state index contributed by atoms with van der Waals surface area (Å²) in [5, 5.41) is 0. The number of likely N-dealkylation sites (N-methyl/N-ethyl adjacent to an activating group) is 1. The van der Waals surface area contributed by atoms with Crippen LogP contribution in [0.1, 0.15) is 37.0 Å². The summed E-state index contributed by atoms with van der Waals surface area (Å²) in [7, 11) is 2.18. The third-order valence-corrected chi connectivity index (χ3v) is 5.93. The van der Waals surface area contributed by atoms with Crippen molar-refractivity contribution in [2.75, 3.05) is 26.8 Å². The van der Waals surface area contributed by atoms with E-state index in [0.29, 0.717) is 6.04 Å². The molecule has 0 aromatic heterocycles. The van der Waals surface area contributed by atoms with E-state index in [1.165, 1.54) is 17.5 Å². The molecule has 4 nitrogen and oxygen atoms in total. The quantitative estimate of drug-likeness (QED) is 0.756. The van der Waals surface area contributed by atoms with Gasteiger partial charge in [0.25, 0.3) is 0 Å². The number of likely N-dealkylation sites (tertiary alicyclic amines) is 1. The number of ether oxygens (including phenoxy) is 1. The molecule has 1 atom stereocenters. The Hall–Kier alpha value is -1.95. The summed E-state index contributed by atoms with van der Waals surface area (Å²) in [4.78, 5) is 7.38. The third kappa shape index (κ3) is 4.97. The summed E-state index contributed by atoms with van der Waals surface area (Å²) in [6.07, 6.45) is 1.32. The highest BCUT2D eigenvalue weighted by Crippen LogP contribution is 2.28. The van der Waals surface area contributed by atoms with Crippen molar-refractivity contribution >= 4 is 0 Å². The lowest BCUT2D eigenvalue weighted by Gasteiger charge is -2.32. The van der Waals surface area contributed by atoms with E-state index in [2.05, 4.69) is 53.8 Å². The minimum absolute atomic E-state index is 0.142. The number of fused-ring (bicyclic) bond motifs is 1. The summed E-state index contributed by atoms with van der Waals surface area (Å²) >= 11 is 0. The number of halogens is 1. The summed E-state index contributed by atoms with van der Waals surface area (Å²) in [5.41, 5.74) is 3.55. The van der Waals surface area contributed by atoms with Crippen LogP contribution in [0.4, 0.5) is 4.39 Å². The molecule has 1 fully saturated rings. The molecule has 1 saturated heterocycles. The molecule has 1 unspecified atom stereocenters. The van der Waals surface area contributed by atoms with E-state index >= 15 is 0 Å². The van der Waals surface area contributed by atoms with Crippen LogP contribution in [0.15, 0.2) is 42.5 Å². The normalized spacial score (nSPS) is 21.3. The van der Waals surface area contributed by atoms with Crippen LogP contribution in [0.25, 0.3) is 0 Å². The molecule has 156 valence electrons. The molecule has 0 bridgehead atoms. The number of para-hydroxylation sites is 1. The Bertz CT molecular complexity index is 841. The van der Waals surface area contributed by atoms with E-state index in [1.807, 2.05) is 12.1 Å². The SMILES string of the molecule is CC(C)Oc1ccccc1CN1Cc2ccc(F)cc2CN(C2CCN(C)C2)C1. The van der Waals surface area contributed by atoms with Gasteiger partial charge in [-0.25, -0.2) is 4.39 Å². The van der Waals surface area contributed by atoms with Crippen LogP contribution in [0.3, 0.4) is 0 Å². The average Bonchev–Trinajstić information content (AvgIpc) is 3.02. The van der Waals surface area contributed by atoms with Crippen LogP contribution >= 0.6 is 0 Å². The largest absolute Gasteiger partial charge is 0.491 e. The second kappa shape index (κ2) is 8.82. The molecule has 0 amide bonds. The van der Waals surface area contributed by atoms with E-state index in [4.69, 9.17) is 4.74 Å². The second-order valence-electron chi connectivity index (χ2n) is 8.77. The predicted octanol–water partition coefficient (Wildman–Crippen LogP) is 4.09. The van der Waals surface area contributed by atoms with Gasteiger partial charge in [-0.2, -0.15) is 0 Å². The van der Waals surface area contributed by atoms with Gasteiger partial charge in [0.15, 0.2) is 0 Å². The average molecular weight is 398 g/mol. The number of nitrogens with zero attached hydrogens (tertiary/aromatic N) is 3. The number of hydrogen-bond donors (Lipinski definition) is 0. The zero-order chi connectivity index (χ0) is 20.4. The van der Waals surface area contributed by atoms with Gasteiger partial charge < -0.3 is 9.64 Å². The smallest absolute Gasteiger partial charge is 0.124 e. The molecule has 2 aliphatic heterocycles. The van der Waals surface area contributed by atoms with Gasteiger partial charge in [-0.15, -0.1) is 0 Å². The van der Waals surface area contributed by atoms with Crippen molar-refractivity contribution in [3.05, 3.63) is 65.0 Å². The highest BCUT2D eigenvalue weighted by Gasteiger charge is 2.30. The number of benzene rings is 2.